The smallest absolute Gasteiger partial charge is 0.312 e. The van der Waals surface area contributed by atoms with E-state index in [2.05, 4.69) is 17.4 Å². The van der Waals surface area contributed by atoms with Crippen LogP contribution in [0.5, 0.6) is 5.75 Å². The SMILES string of the molecule is O=C(CCSCCCS)Oc1c(F)c(F)c(F)c(F)c1F. The molecule has 0 aliphatic rings. The molecule has 0 N–H and O–H groups in total. The van der Waals surface area contributed by atoms with Crippen molar-refractivity contribution in [1.82, 2.24) is 0 Å². The topological polar surface area (TPSA) is 26.3 Å². The van der Waals surface area contributed by atoms with Crippen LogP contribution in [0, 0.1) is 29.1 Å². The van der Waals surface area contributed by atoms with Crippen molar-refractivity contribution >= 4 is 30.4 Å². The molecule has 0 unspecified atom stereocenters. The summed E-state index contributed by atoms with van der Waals surface area (Å²) in [5.74, 6) is -11.9. The molecule has 0 aliphatic carbocycles. The monoisotopic (exact) mass is 346 g/mol. The van der Waals surface area contributed by atoms with Crippen LogP contribution in [-0.4, -0.2) is 23.2 Å². The molecule has 0 aromatic heterocycles. The van der Waals surface area contributed by atoms with Gasteiger partial charge in [-0.05, 0) is 17.9 Å². The van der Waals surface area contributed by atoms with Gasteiger partial charge in [-0.2, -0.15) is 33.2 Å². The van der Waals surface area contributed by atoms with Gasteiger partial charge in [0.2, 0.25) is 34.8 Å². The molecular formula is C12H11F5O2S2. The van der Waals surface area contributed by atoms with E-state index in [4.69, 9.17) is 0 Å². The van der Waals surface area contributed by atoms with Crippen molar-refractivity contribution in [2.45, 2.75) is 12.8 Å². The number of carbonyl (C=O) groups is 1. The number of hydrogen-bond donors (Lipinski definition) is 1. The molecule has 118 valence electrons. The Hall–Kier alpha value is -0.960. The van der Waals surface area contributed by atoms with E-state index in [1.54, 1.807) is 0 Å². The number of benzene rings is 1. The van der Waals surface area contributed by atoms with Gasteiger partial charge in [-0.15, -0.1) is 0 Å². The molecule has 9 heteroatoms. The summed E-state index contributed by atoms with van der Waals surface area (Å²) in [5.41, 5.74) is 0. The molecule has 1 aromatic rings. The number of thiol groups is 1. The molecule has 0 aliphatic heterocycles. The standard InChI is InChI=1S/C12H11F5O2S2/c13-7-8(14)10(16)12(11(17)9(7)15)19-6(18)2-5-21-4-1-3-20/h20H,1-5H2. The first kappa shape index (κ1) is 18.1. The van der Waals surface area contributed by atoms with Gasteiger partial charge in [0, 0.05) is 5.75 Å². The first-order valence-electron chi connectivity index (χ1n) is 5.80. The Morgan fingerprint density at radius 3 is 2.00 bits per heavy atom. The Bertz CT molecular complexity index is 496. The lowest BCUT2D eigenvalue weighted by atomic mass is 10.2. The number of carbonyl (C=O) groups excluding carboxylic acids is 1. The van der Waals surface area contributed by atoms with Crippen LogP contribution >= 0.6 is 24.4 Å². The fourth-order valence-corrected chi connectivity index (χ4v) is 2.50. The van der Waals surface area contributed by atoms with Crippen molar-refractivity contribution in [3.05, 3.63) is 29.1 Å². The van der Waals surface area contributed by atoms with Crippen LogP contribution in [0.15, 0.2) is 0 Å². The molecule has 1 aromatic carbocycles. The third-order valence-electron chi connectivity index (χ3n) is 2.28. The quantitative estimate of drug-likeness (QED) is 0.155. The summed E-state index contributed by atoms with van der Waals surface area (Å²) in [5, 5.41) is 0. The van der Waals surface area contributed by atoms with Gasteiger partial charge in [0.1, 0.15) is 0 Å². The van der Waals surface area contributed by atoms with Crippen LogP contribution in [0.4, 0.5) is 22.0 Å². The number of halogens is 5. The predicted octanol–water partition coefficient (Wildman–Crippen LogP) is 3.73. The average Bonchev–Trinajstić information content (AvgIpc) is 2.47. The summed E-state index contributed by atoms with van der Waals surface area (Å²) < 4.78 is 69.3. The van der Waals surface area contributed by atoms with Gasteiger partial charge in [0.05, 0.1) is 6.42 Å². The Balaban J connectivity index is 2.69. The van der Waals surface area contributed by atoms with E-state index in [9.17, 15) is 26.7 Å². The van der Waals surface area contributed by atoms with Crippen molar-refractivity contribution in [1.29, 1.82) is 0 Å². The fraction of sp³-hybridized carbons (Fsp3) is 0.417. The van der Waals surface area contributed by atoms with Crippen LogP contribution in [0.2, 0.25) is 0 Å². The van der Waals surface area contributed by atoms with Gasteiger partial charge in [-0.25, -0.2) is 13.2 Å². The first-order chi connectivity index (χ1) is 9.90. The lowest BCUT2D eigenvalue weighted by Gasteiger charge is -2.08. The maximum absolute atomic E-state index is 13.2. The summed E-state index contributed by atoms with van der Waals surface area (Å²) >= 11 is 5.38. The molecule has 0 heterocycles. The van der Waals surface area contributed by atoms with Crippen LogP contribution in [0.1, 0.15) is 12.8 Å². The van der Waals surface area contributed by atoms with Crippen LogP contribution in [0.3, 0.4) is 0 Å². The Labute approximate surface area is 127 Å². The summed E-state index contributed by atoms with van der Waals surface area (Å²) in [4.78, 5) is 11.3. The molecule has 0 spiro atoms. The first-order valence-corrected chi connectivity index (χ1v) is 7.59. The van der Waals surface area contributed by atoms with E-state index in [0.717, 1.165) is 12.2 Å². The largest absolute Gasteiger partial charge is 0.420 e. The molecule has 0 atom stereocenters. The molecule has 0 saturated heterocycles. The summed E-state index contributed by atoms with van der Waals surface area (Å²) in [7, 11) is 0. The second-order valence-electron chi connectivity index (χ2n) is 3.81. The Morgan fingerprint density at radius 2 is 1.48 bits per heavy atom. The van der Waals surface area contributed by atoms with Crippen molar-refractivity contribution in [2.75, 3.05) is 17.3 Å². The molecule has 0 saturated carbocycles. The molecule has 1 rings (SSSR count). The number of esters is 1. The number of rotatable bonds is 7. The van der Waals surface area contributed by atoms with Crippen molar-refractivity contribution < 1.29 is 31.5 Å². The minimum Gasteiger partial charge on any atom is -0.420 e. The van der Waals surface area contributed by atoms with Crippen molar-refractivity contribution in [3.8, 4) is 5.75 Å². The van der Waals surface area contributed by atoms with Crippen LogP contribution in [-0.2, 0) is 4.79 Å². The molecule has 0 bridgehead atoms. The lowest BCUT2D eigenvalue weighted by molar-refractivity contribution is -0.134. The highest BCUT2D eigenvalue weighted by Crippen LogP contribution is 2.29. The normalized spacial score (nSPS) is 10.8. The highest BCUT2D eigenvalue weighted by Gasteiger charge is 2.28. The van der Waals surface area contributed by atoms with Gasteiger partial charge < -0.3 is 4.74 Å². The van der Waals surface area contributed by atoms with Crippen LogP contribution < -0.4 is 4.74 Å². The highest BCUT2D eigenvalue weighted by molar-refractivity contribution is 7.99. The summed E-state index contributed by atoms with van der Waals surface area (Å²) in [6.45, 7) is 0. The van der Waals surface area contributed by atoms with E-state index in [1.807, 2.05) is 0 Å². The Morgan fingerprint density at radius 1 is 0.952 bits per heavy atom. The maximum Gasteiger partial charge on any atom is 0.312 e. The van der Waals surface area contributed by atoms with Crippen molar-refractivity contribution in [3.63, 3.8) is 0 Å². The molecule has 21 heavy (non-hydrogen) atoms. The minimum atomic E-state index is -2.30. The zero-order chi connectivity index (χ0) is 16.0. The maximum atomic E-state index is 13.2. The fourth-order valence-electron chi connectivity index (χ4n) is 1.26. The molecule has 0 fully saturated rings. The highest BCUT2D eigenvalue weighted by atomic mass is 32.2. The third-order valence-corrected chi connectivity index (χ3v) is 3.67. The minimum absolute atomic E-state index is 0.212. The van der Waals surface area contributed by atoms with Gasteiger partial charge in [-0.1, -0.05) is 0 Å². The van der Waals surface area contributed by atoms with Crippen LogP contribution in [0.25, 0.3) is 0 Å². The van der Waals surface area contributed by atoms with Crippen molar-refractivity contribution in [2.24, 2.45) is 0 Å². The zero-order valence-corrected chi connectivity index (χ0v) is 12.3. The second-order valence-corrected chi connectivity index (χ2v) is 5.48. The molecule has 2 nitrogen and oxygen atoms in total. The van der Waals surface area contributed by atoms with E-state index < -0.39 is 40.8 Å². The zero-order valence-electron chi connectivity index (χ0n) is 10.6. The average molecular weight is 346 g/mol. The number of hydrogen-bond acceptors (Lipinski definition) is 4. The van der Waals surface area contributed by atoms with E-state index in [-0.39, 0.29) is 6.42 Å². The Kier molecular flexibility index (Phi) is 7.30. The van der Waals surface area contributed by atoms with Gasteiger partial charge in [-0.3, -0.25) is 4.79 Å². The molecular weight excluding hydrogens is 335 g/mol. The van der Waals surface area contributed by atoms with Gasteiger partial charge in [0.15, 0.2) is 0 Å². The summed E-state index contributed by atoms with van der Waals surface area (Å²) in [6.07, 6.45) is 0.608. The number of ether oxygens (including phenoxy) is 1. The predicted molar refractivity (Wildman–Crippen MR) is 72.3 cm³/mol. The van der Waals surface area contributed by atoms with Gasteiger partial charge in [0.25, 0.3) is 0 Å². The molecule has 0 amide bonds. The third kappa shape index (κ3) is 4.77. The van der Waals surface area contributed by atoms with E-state index >= 15 is 0 Å². The van der Waals surface area contributed by atoms with Gasteiger partial charge >= 0.3 is 5.97 Å². The summed E-state index contributed by atoms with van der Waals surface area (Å²) in [6, 6.07) is 0. The van der Waals surface area contributed by atoms with E-state index in [1.165, 1.54) is 11.8 Å². The number of thioether (sulfide) groups is 1. The molecule has 0 radical (unpaired) electrons. The lowest BCUT2D eigenvalue weighted by Crippen LogP contribution is -2.14. The second kappa shape index (κ2) is 8.47. The van der Waals surface area contributed by atoms with E-state index in [0.29, 0.717) is 11.5 Å².